The van der Waals surface area contributed by atoms with Crippen LogP contribution in [0.15, 0.2) is 6.07 Å². The third-order valence-electron chi connectivity index (χ3n) is 3.97. The van der Waals surface area contributed by atoms with Crippen LogP contribution in [0.1, 0.15) is 60.8 Å². The monoisotopic (exact) mass is 339 g/mol. The minimum Gasteiger partial charge on any atom is -0.444 e. The van der Waals surface area contributed by atoms with E-state index in [2.05, 4.69) is 0 Å². The van der Waals surface area contributed by atoms with Gasteiger partial charge in [0.15, 0.2) is 6.29 Å². The number of carbonyl (C=O) groups excluding carboxylic acids is 2. The van der Waals surface area contributed by atoms with E-state index in [1.54, 1.807) is 12.0 Å². The van der Waals surface area contributed by atoms with Crippen LogP contribution in [0.2, 0.25) is 0 Å². The number of fused-ring (bicyclic) bond motifs is 1. The molecule has 0 bridgehead atoms. The highest BCUT2D eigenvalue weighted by molar-refractivity contribution is 7.13. The second-order valence-electron chi connectivity index (χ2n) is 7.29. The fourth-order valence-electron chi connectivity index (χ4n) is 2.78. The summed E-state index contributed by atoms with van der Waals surface area (Å²) >= 11 is 1.43. The Kier molecular flexibility index (Phi) is 4.87. The first-order valence-corrected chi connectivity index (χ1v) is 8.53. The molecule has 1 amide bonds. The van der Waals surface area contributed by atoms with Gasteiger partial charge in [-0.1, -0.05) is 0 Å². The van der Waals surface area contributed by atoms with Gasteiger partial charge < -0.3 is 9.47 Å². The summed E-state index contributed by atoms with van der Waals surface area (Å²) in [4.78, 5) is 27.2. The first-order chi connectivity index (χ1) is 10.6. The Morgan fingerprint density at radius 3 is 2.52 bits per heavy atom. The van der Waals surface area contributed by atoms with Crippen LogP contribution in [0.4, 0.5) is 4.79 Å². The molecule has 23 heavy (non-hydrogen) atoms. The van der Waals surface area contributed by atoms with Gasteiger partial charge in [-0.15, -0.1) is 11.3 Å². The third kappa shape index (κ3) is 3.75. The molecular weight excluding hydrogens is 314 g/mol. The van der Waals surface area contributed by atoms with Crippen molar-refractivity contribution in [3.8, 4) is 0 Å². The van der Waals surface area contributed by atoms with Crippen LogP contribution < -0.4 is 0 Å². The number of rotatable bonds is 3. The molecule has 0 radical (unpaired) electrons. The van der Waals surface area contributed by atoms with Crippen LogP contribution in [0.25, 0.3) is 0 Å². The number of methoxy groups -OCH3 is 1. The van der Waals surface area contributed by atoms with Crippen LogP contribution in [0, 0.1) is 0 Å². The zero-order chi connectivity index (χ0) is 17.4. The molecule has 1 atom stereocenters. The van der Waals surface area contributed by atoms with E-state index in [9.17, 15) is 9.59 Å². The van der Waals surface area contributed by atoms with Crippen LogP contribution >= 0.6 is 11.3 Å². The highest BCUT2D eigenvalue weighted by atomic mass is 32.1. The first kappa shape index (κ1) is 17.9. The molecule has 0 N–H and O–H groups in total. The molecule has 0 saturated carbocycles. The Balaban J connectivity index is 2.43. The summed E-state index contributed by atoms with van der Waals surface area (Å²) in [5, 5.41) is 0. The summed E-state index contributed by atoms with van der Waals surface area (Å²) in [6.07, 6.45) is 1.23. The molecule has 1 aromatic heterocycles. The van der Waals surface area contributed by atoms with Gasteiger partial charge in [-0.2, -0.15) is 0 Å². The Morgan fingerprint density at radius 1 is 1.35 bits per heavy atom. The van der Waals surface area contributed by atoms with Gasteiger partial charge in [0.25, 0.3) is 0 Å². The molecule has 0 spiro atoms. The van der Waals surface area contributed by atoms with E-state index in [4.69, 9.17) is 9.47 Å². The second kappa shape index (κ2) is 6.24. The molecule has 1 aliphatic heterocycles. The van der Waals surface area contributed by atoms with Crippen molar-refractivity contribution in [2.24, 2.45) is 0 Å². The van der Waals surface area contributed by atoms with Gasteiger partial charge in [0.2, 0.25) is 0 Å². The lowest BCUT2D eigenvalue weighted by Gasteiger charge is -2.43. The average molecular weight is 339 g/mol. The molecule has 1 aromatic rings. The van der Waals surface area contributed by atoms with Crippen LogP contribution in [-0.4, -0.2) is 42.1 Å². The van der Waals surface area contributed by atoms with Crippen molar-refractivity contribution in [3.05, 3.63) is 21.4 Å². The average Bonchev–Trinajstić information content (AvgIpc) is 2.87. The Morgan fingerprint density at radius 2 is 2.00 bits per heavy atom. The summed E-state index contributed by atoms with van der Waals surface area (Å²) in [5.74, 6) is 0. The molecular formula is C17H25NO4S. The van der Waals surface area contributed by atoms with Gasteiger partial charge in [-0.05, 0) is 52.7 Å². The zero-order valence-electron chi connectivity index (χ0n) is 14.6. The van der Waals surface area contributed by atoms with Gasteiger partial charge in [-0.3, -0.25) is 9.69 Å². The normalized spacial score (nSPS) is 18.5. The van der Waals surface area contributed by atoms with Crippen molar-refractivity contribution in [2.75, 3.05) is 13.7 Å². The maximum absolute atomic E-state index is 12.7. The highest BCUT2D eigenvalue weighted by Crippen LogP contribution is 2.43. The summed E-state index contributed by atoms with van der Waals surface area (Å²) in [6, 6.07) is 1.64. The predicted octanol–water partition coefficient (Wildman–Crippen LogP) is 3.82. The van der Waals surface area contributed by atoms with Crippen molar-refractivity contribution >= 4 is 23.7 Å². The van der Waals surface area contributed by atoms with Gasteiger partial charge in [0, 0.05) is 18.5 Å². The van der Waals surface area contributed by atoms with E-state index < -0.39 is 11.2 Å². The Bertz CT molecular complexity index is 600. The van der Waals surface area contributed by atoms with E-state index in [0.717, 1.165) is 23.1 Å². The molecule has 0 aliphatic carbocycles. The largest absolute Gasteiger partial charge is 0.444 e. The minimum atomic E-state index is -0.586. The van der Waals surface area contributed by atoms with E-state index in [1.807, 2.05) is 40.7 Å². The molecule has 0 saturated heterocycles. The first-order valence-electron chi connectivity index (χ1n) is 7.71. The maximum atomic E-state index is 12.7. The van der Waals surface area contributed by atoms with Crippen LogP contribution in [0.5, 0.6) is 0 Å². The van der Waals surface area contributed by atoms with E-state index in [0.29, 0.717) is 11.4 Å². The smallest absolute Gasteiger partial charge is 0.410 e. The van der Waals surface area contributed by atoms with Gasteiger partial charge >= 0.3 is 6.09 Å². The lowest BCUT2D eigenvalue weighted by atomic mass is 9.89. The topological polar surface area (TPSA) is 55.8 Å². The second-order valence-corrected chi connectivity index (χ2v) is 8.41. The van der Waals surface area contributed by atoms with E-state index >= 15 is 0 Å². The van der Waals surface area contributed by atoms with Gasteiger partial charge in [0.05, 0.1) is 16.5 Å². The number of carbonyl (C=O) groups is 2. The molecule has 2 rings (SSSR count). The number of hydrogen-bond acceptors (Lipinski definition) is 5. The van der Waals surface area contributed by atoms with Crippen LogP contribution in [-0.2, 0) is 15.9 Å². The third-order valence-corrected chi connectivity index (χ3v) is 5.13. The summed E-state index contributed by atoms with van der Waals surface area (Å²) in [7, 11) is 1.63. The predicted molar refractivity (Wildman–Crippen MR) is 90.2 cm³/mol. The molecule has 128 valence electrons. The summed E-state index contributed by atoms with van der Waals surface area (Å²) in [5.41, 5.74) is -0.0216. The number of hydrogen-bond donors (Lipinski definition) is 0. The molecule has 5 nitrogen and oxygen atoms in total. The van der Waals surface area contributed by atoms with Crippen molar-refractivity contribution in [1.29, 1.82) is 0 Å². The number of amides is 1. The van der Waals surface area contributed by atoms with Gasteiger partial charge in [0.1, 0.15) is 5.60 Å². The fourth-order valence-corrected chi connectivity index (χ4v) is 4.10. The molecule has 2 heterocycles. The Labute approximate surface area is 141 Å². The Hall–Kier alpha value is -1.40. The van der Waals surface area contributed by atoms with Crippen molar-refractivity contribution in [2.45, 2.75) is 58.3 Å². The molecule has 6 heteroatoms. The quantitative estimate of drug-likeness (QED) is 0.786. The molecule has 0 aromatic carbocycles. The number of aldehydes is 1. The van der Waals surface area contributed by atoms with Crippen molar-refractivity contribution in [1.82, 2.24) is 4.90 Å². The number of thiophene rings is 1. The zero-order valence-corrected chi connectivity index (χ0v) is 15.5. The lowest BCUT2D eigenvalue weighted by molar-refractivity contribution is -0.0638. The fraction of sp³-hybridized carbons (Fsp3) is 0.647. The van der Waals surface area contributed by atoms with Gasteiger partial charge in [-0.25, -0.2) is 4.79 Å². The minimum absolute atomic E-state index is 0.273. The lowest BCUT2D eigenvalue weighted by Crippen LogP contribution is -2.50. The standard InChI is InChI=1S/C17H25NO4S/c1-16(2,3)22-15(20)18-8-7-11-9-12(10-19)23-13(11)14(18)17(4,5)21-6/h9-10,14H,7-8H2,1-6H3. The van der Waals surface area contributed by atoms with E-state index in [1.165, 1.54) is 11.3 Å². The number of ether oxygens (including phenoxy) is 2. The molecule has 1 aliphatic rings. The van der Waals surface area contributed by atoms with Crippen molar-refractivity contribution < 1.29 is 19.1 Å². The maximum Gasteiger partial charge on any atom is 0.410 e. The molecule has 1 unspecified atom stereocenters. The van der Waals surface area contributed by atoms with Crippen molar-refractivity contribution in [3.63, 3.8) is 0 Å². The summed E-state index contributed by atoms with van der Waals surface area (Å²) < 4.78 is 11.2. The highest BCUT2D eigenvalue weighted by Gasteiger charge is 2.44. The number of nitrogens with zero attached hydrogens (tertiary/aromatic N) is 1. The van der Waals surface area contributed by atoms with E-state index in [-0.39, 0.29) is 12.1 Å². The SMILES string of the molecule is COC(C)(C)C1c2sc(C=O)cc2CCN1C(=O)OC(C)(C)C. The summed E-state index contributed by atoms with van der Waals surface area (Å²) in [6.45, 7) is 10.0. The van der Waals surface area contributed by atoms with Crippen LogP contribution in [0.3, 0.4) is 0 Å². The molecule has 0 fully saturated rings.